The van der Waals surface area contributed by atoms with Crippen molar-refractivity contribution in [2.24, 2.45) is 0 Å². The van der Waals surface area contributed by atoms with Crippen LogP contribution in [0, 0.1) is 0 Å². The van der Waals surface area contributed by atoms with E-state index in [0.717, 1.165) is 0 Å². The fraction of sp³-hybridized carbons (Fsp3) is 0.222. The Labute approximate surface area is 93.4 Å². The third-order valence-corrected chi connectivity index (χ3v) is 2.74. The Balaban J connectivity index is 3.27. The summed E-state index contributed by atoms with van der Waals surface area (Å²) in [6, 6.07) is 4.17. The normalized spacial score (nSPS) is 10.9. The van der Waals surface area contributed by atoms with Gasteiger partial charge in [0.2, 0.25) is 5.91 Å². The van der Waals surface area contributed by atoms with Crippen LogP contribution in [-0.4, -0.2) is 25.9 Å². The Kier molecular flexibility index (Phi) is 3.51. The van der Waals surface area contributed by atoms with Crippen LogP contribution in [0.25, 0.3) is 0 Å². The van der Waals surface area contributed by atoms with Crippen molar-refractivity contribution >= 4 is 27.4 Å². The second-order valence-corrected chi connectivity index (χ2v) is 4.51. The predicted octanol–water partition coefficient (Wildman–Crippen LogP) is 0.933. The molecule has 0 atom stereocenters. The standard InChI is InChI=1S/C9H12N2O4S/c1-6(12)11-7-3-4-8(10-2)9(5-7)16(13,14)15/h3-5,10H,1-2H3,(H,11,12)(H,13,14,15). The Morgan fingerprint density at radius 3 is 2.44 bits per heavy atom. The molecule has 16 heavy (non-hydrogen) atoms. The summed E-state index contributed by atoms with van der Waals surface area (Å²) in [5.74, 6) is -0.321. The molecular weight excluding hydrogens is 232 g/mol. The van der Waals surface area contributed by atoms with E-state index >= 15 is 0 Å². The van der Waals surface area contributed by atoms with Gasteiger partial charge >= 0.3 is 0 Å². The van der Waals surface area contributed by atoms with Crippen LogP contribution in [0.3, 0.4) is 0 Å². The van der Waals surface area contributed by atoms with E-state index in [1.54, 1.807) is 0 Å². The zero-order chi connectivity index (χ0) is 12.3. The lowest BCUT2D eigenvalue weighted by molar-refractivity contribution is -0.114. The van der Waals surface area contributed by atoms with Crippen molar-refractivity contribution in [3.8, 4) is 0 Å². The summed E-state index contributed by atoms with van der Waals surface area (Å²) in [5, 5.41) is 5.06. The molecule has 1 rings (SSSR count). The monoisotopic (exact) mass is 244 g/mol. The fourth-order valence-electron chi connectivity index (χ4n) is 1.22. The molecule has 0 saturated heterocycles. The van der Waals surface area contributed by atoms with Crippen molar-refractivity contribution in [1.29, 1.82) is 0 Å². The van der Waals surface area contributed by atoms with Crippen LogP contribution in [0.4, 0.5) is 11.4 Å². The molecule has 1 amide bonds. The maximum Gasteiger partial charge on any atom is 0.296 e. The van der Waals surface area contributed by atoms with Crippen molar-refractivity contribution in [1.82, 2.24) is 0 Å². The molecule has 88 valence electrons. The van der Waals surface area contributed by atoms with E-state index in [0.29, 0.717) is 5.69 Å². The lowest BCUT2D eigenvalue weighted by Crippen LogP contribution is -2.08. The summed E-state index contributed by atoms with van der Waals surface area (Å²) >= 11 is 0. The average Bonchev–Trinajstić information content (AvgIpc) is 2.15. The minimum Gasteiger partial charge on any atom is -0.387 e. The number of benzene rings is 1. The quantitative estimate of drug-likeness (QED) is 0.687. The van der Waals surface area contributed by atoms with Crippen molar-refractivity contribution in [3.63, 3.8) is 0 Å². The highest BCUT2D eigenvalue weighted by Crippen LogP contribution is 2.24. The lowest BCUT2D eigenvalue weighted by atomic mass is 10.3. The van der Waals surface area contributed by atoms with E-state index in [-0.39, 0.29) is 16.5 Å². The predicted molar refractivity (Wildman–Crippen MR) is 60.1 cm³/mol. The van der Waals surface area contributed by atoms with E-state index in [1.165, 1.54) is 32.2 Å². The molecule has 0 spiro atoms. The highest BCUT2D eigenvalue weighted by atomic mass is 32.2. The number of hydrogen-bond acceptors (Lipinski definition) is 4. The Morgan fingerprint density at radius 2 is 2.00 bits per heavy atom. The van der Waals surface area contributed by atoms with Gasteiger partial charge in [0, 0.05) is 19.7 Å². The van der Waals surface area contributed by atoms with Crippen molar-refractivity contribution in [3.05, 3.63) is 18.2 Å². The summed E-state index contributed by atoms with van der Waals surface area (Å²) < 4.78 is 31.1. The first-order chi connectivity index (χ1) is 7.34. The van der Waals surface area contributed by atoms with Gasteiger partial charge in [-0.25, -0.2) is 0 Å². The zero-order valence-electron chi connectivity index (χ0n) is 8.81. The van der Waals surface area contributed by atoms with Crippen LogP contribution in [0.1, 0.15) is 6.92 Å². The van der Waals surface area contributed by atoms with Crippen LogP contribution in [0.5, 0.6) is 0 Å². The van der Waals surface area contributed by atoms with Crippen molar-refractivity contribution < 1.29 is 17.8 Å². The molecule has 6 nitrogen and oxygen atoms in total. The van der Waals surface area contributed by atoms with E-state index in [2.05, 4.69) is 10.6 Å². The summed E-state index contributed by atoms with van der Waals surface area (Å²) in [6.07, 6.45) is 0. The van der Waals surface area contributed by atoms with Crippen molar-refractivity contribution in [2.45, 2.75) is 11.8 Å². The topological polar surface area (TPSA) is 95.5 Å². The number of carbonyl (C=O) groups excluding carboxylic acids is 1. The van der Waals surface area contributed by atoms with Gasteiger partial charge in [0.1, 0.15) is 4.90 Å². The van der Waals surface area contributed by atoms with Crippen molar-refractivity contribution in [2.75, 3.05) is 17.7 Å². The van der Waals surface area contributed by atoms with Gasteiger partial charge in [-0.2, -0.15) is 8.42 Å². The molecule has 0 saturated carbocycles. The molecule has 0 aliphatic rings. The lowest BCUT2D eigenvalue weighted by Gasteiger charge is -2.09. The first-order valence-corrected chi connectivity index (χ1v) is 5.85. The first kappa shape index (κ1) is 12.5. The van der Waals surface area contributed by atoms with Gasteiger partial charge in [0.15, 0.2) is 0 Å². The van der Waals surface area contributed by atoms with Crippen LogP contribution in [-0.2, 0) is 14.9 Å². The second kappa shape index (κ2) is 4.50. The highest BCUT2D eigenvalue weighted by molar-refractivity contribution is 7.86. The van der Waals surface area contributed by atoms with Crippen LogP contribution in [0.2, 0.25) is 0 Å². The molecule has 0 aliphatic carbocycles. The largest absolute Gasteiger partial charge is 0.387 e. The molecule has 0 aliphatic heterocycles. The molecule has 0 heterocycles. The zero-order valence-corrected chi connectivity index (χ0v) is 9.63. The number of amides is 1. The minimum atomic E-state index is -4.32. The molecule has 1 aromatic rings. The van der Waals surface area contributed by atoms with E-state index < -0.39 is 10.1 Å². The summed E-state index contributed by atoms with van der Waals surface area (Å²) in [5.41, 5.74) is 0.565. The van der Waals surface area contributed by atoms with E-state index in [4.69, 9.17) is 4.55 Å². The Morgan fingerprint density at radius 1 is 1.38 bits per heavy atom. The first-order valence-electron chi connectivity index (χ1n) is 4.41. The minimum absolute atomic E-state index is 0.261. The molecular formula is C9H12N2O4S. The van der Waals surface area contributed by atoms with Gasteiger partial charge < -0.3 is 10.6 Å². The third kappa shape index (κ3) is 2.94. The van der Waals surface area contributed by atoms with Gasteiger partial charge in [-0.3, -0.25) is 9.35 Å². The van der Waals surface area contributed by atoms with E-state index in [1.807, 2.05) is 0 Å². The molecule has 0 unspecified atom stereocenters. The summed E-state index contributed by atoms with van der Waals surface area (Å²) in [6.45, 7) is 1.30. The number of hydrogen-bond donors (Lipinski definition) is 3. The molecule has 1 aromatic carbocycles. The molecule has 7 heteroatoms. The van der Waals surface area contributed by atoms with Crippen LogP contribution < -0.4 is 10.6 Å². The van der Waals surface area contributed by atoms with Gasteiger partial charge in [-0.15, -0.1) is 0 Å². The molecule has 3 N–H and O–H groups in total. The van der Waals surface area contributed by atoms with E-state index in [9.17, 15) is 13.2 Å². The number of anilines is 2. The Bertz CT molecular complexity index is 510. The SMILES string of the molecule is CNc1ccc(NC(C)=O)cc1S(=O)(=O)O. The number of carbonyl (C=O) groups is 1. The van der Waals surface area contributed by atoms with Gasteiger partial charge in [-0.05, 0) is 18.2 Å². The van der Waals surface area contributed by atoms with Crippen LogP contribution >= 0.6 is 0 Å². The van der Waals surface area contributed by atoms with Crippen LogP contribution in [0.15, 0.2) is 23.1 Å². The van der Waals surface area contributed by atoms with Gasteiger partial charge in [-0.1, -0.05) is 0 Å². The molecule has 0 bridgehead atoms. The van der Waals surface area contributed by atoms with Gasteiger partial charge in [0.05, 0.1) is 5.69 Å². The van der Waals surface area contributed by atoms with Gasteiger partial charge in [0.25, 0.3) is 10.1 Å². The average molecular weight is 244 g/mol. The third-order valence-electron chi connectivity index (χ3n) is 1.85. The molecule has 0 aromatic heterocycles. The maximum atomic E-state index is 11.1. The summed E-state index contributed by atoms with van der Waals surface area (Å²) in [7, 11) is -2.79. The smallest absolute Gasteiger partial charge is 0.296 e. The fourth-order valence-corrected chi connectivity index (χ4v) is 1.95. The maximum absolute atomic E-state index is 11.1. The molecule has 0 fully saturated rings. The molecule has 0 radical (unpaired) electrons. The summed E-state index contributed by atoms with van der Waals surface area (Å²) in [4.78, 5) is 10.5. The highest BCUT2D eigenvalue weighted by Gasteiger charge is 2.15. The second-order valence-electron chi connectivity index (χ2n) is 3.12. The number of nitrogens with one attached hydrogen (secondary N) is 2. The Hall–Kier alpha value is -1.60. The number of rotatable bonds is 3.